The summed E-state index contributed by atoms with van der Waals surface area (Å²) in [7, 11) is 1.22. The van der Waals surface area contributed by atoms with Crippen LogP contribution in [0.1, 0.15) is 21.1 Å². The van der Waals surface area contributed by atoms with Crippen molar-refractivity contribution < 1.29 is 27.4 Å². The number of benzene rings is 2. The minimum atomic E-state index is -0.804. The van der Waals surface area contributed by atoms with E-state index in [1.54, 1.807) is 6.92 Å². The van der Waals surface area contributed by atoms with Crippen LogP contribution in [0.15, 0.2) is 47.5 Å². The van der Waals surface area contributed by atoms with Crippen molar-refractivity contribution in [2.75, 3.05) is 7.11 Å². The molecule has 2 aromatic carbocycles. The van der Waals surface area contributed by atoms with Crippen LogP contribution in [0.4, 0.5) is 13.2 Å². The standard InChI is InChI=1S/C21H15F3N4O4S/c1-11-20(33-18(26-11)19(29)31-2)32-17-7-6-12(8-16(17)24)28-21(30)27(10-25-28)9-13-14(22)4-3-5-15(13)23/h3-8,10H,9H2,1-2H3. The molecule has 0 bridgehead atoms. The fourth-order valence-electron chi connectivity index (χ4n) is 2.93. The van der Waals surface area contributed by atoms with Crippen LogP contribution in [-0.2, 0) is 11.3 Å². The Labute approximate surface area is 188 Å². The van der Waals surface area contributed by atoms with E-state index in [-0.39, 0.29) is 33.6 Å². The maximum atomic E-state index is 14.7. The molecule has 0 saturated heterocycles. The number of nitrogens with zero attached hydrogens (tertiary/aromatic N) is 4. The van der Waals surface area contributed by atoms with E-state index in [1.807, 2.05) is 0 Å². The molecule has 0 fully saturated rings. The third kappa shape index (κ3) is 4.37. The van der Waals surface area contributed by atoms with Gasteiger partial charge in [-0.1, -0.05) is 17.4 Å². The third-order valence-corrected chi connectivity index (χ3v) is 5.62. The van der Waals surface area contributed by atoms with Gasteiger partial charge in [0.1, 0.15) is 18.0 Å². The second kappa shape index (κ2) is 8.90. The average Bonchev–Trinajstić information content (AvgIpc) is 3.34. The SMILES string of the molecule is COC(=O)c1nc(C)c(Oc2ccc(-n3ncn(Cc4c(F)cccc4F)c3=O)cc2F)s1. The van der Waals surface area contributed by atoms with E-state index in [1.165, 1.54) is 25.3 Å². The molecule has 0 atom stereocenters. The number of carbonyl (C=O) groups is 1. The molecule has 0 radical (unpaired) electrons. The van der Waals surface area contributed by atoms with E-state index in [4.69, 9.17) is 4.74 Å². The minimum absolute atomic E-state index is 0.0606. The van der Waals surface area contributed by atoms with Gasteiger partial charge >= 0.3 is 11.7 Å². The summed E-state index contributed by atoms with van der Waals surface area (Å²) in [4.78, 5) is 28.3. The minimum Gasteiger partial charge on any atom is -0.464 e. The second-order valence-electron chi connectivity index (χ2n) is 6.75. The molecule has 2 aromatic heterocycles. The number of hydrogen-bond donors (Lipinski definition) is 0. The zero-order valence-electron chi connectivity index (χ0n) is 17.2. The van der Waals surface area contributed by atoms with Gasteiger partial charge in [-0.05, 0) is 31.2 Å². The van der Waals surface area contributed by atoms with E-state index < -0.39 is 29.1 Å². The summed E-state index contributed by atoms with van der Waals surface area (Å²) in [6.45, 7) is 1.21. The Balaban J connectivity index is 1.59. The zero-order valence-corrected chi connectivity index (χ0v) is 18.0. The number of esters is 1. The highest BCUT2D eigenvalue weighted by Gasteiger charge is 2.19. The van der Waals surface area contributed by atoms with Crippen molar-refractivity contribution in [3.63, 3.8) is 0 Å². The van der Waals surface area contributed by atoms with Crippen molar-refractivity contribution in [3.8, 4) is 16.5 Å². The molecule has 0 aliphatic carbocycles. The lowest BCUT2D eigenvalue weighted by Gasteiger charge is -2.07. The van der Waals surface area contributed by atoms with Crippen LogP contribution >= 0.6 is 11.3 Å². The number of halogens is 3. The molecular weight excluding hydrogens is 461 g/mol. The predicted octanol–water partition coefficient (Wildman–Crippen LogP) is 3.84. The van der Waals surface area contributed by atoms with Gasteiger partial charge in [0, 0.05) is 11.6 Å². The Morgan fingerprint density at radius 3 is 2.52 bits per heavy atom. The van der Waals surface area contributed by atoms with Gasteiger partial charge in [-0.25, -0.2) is 27.7 Å². The molecular formula is C21H15F3N4O4S. The molecule has 0 aliphatic heterocycles. The Hall–Kier alpha value is -3.93. The Morgan fingerprint density at radius 2 is 1.85 bits per heavy atom. The fraction of sp³-hybridized carbons (Fsp3) is 0.143. The number of carbonyl (C=O) groups excluding carboxylic acids is 1. The average molecular weight is 476 g/mol. The summed E-state index contributed by atoms with van der Waals surface area (Å²) in [6.07, 6.45) is 1.10. The Kier molecular flexibility index (Phi) is 6.01. The molecule has 170 valence electrons. The van der Waals surface area contributed by atoms with Crippen molar-refractivity contribution in [1.82, 2.24) is 19.3 Å². The van der Waals surface area contributed by atoms with Crippen LogP contribution in [0.3, 0.4) is 0 Å². The molecule has 12 heteroatoms. The molecule has 0 saturated carbocycles. The number of aryl methyl sites for hydroxylation is 1. The zero-order chi connectivity index (χ0) is 23.7. The van der Waals surface area contributed by atoms with E-state index in [2.05, 4.69) is 14.8 Å². The first-order valence-electron chi connectivity index (χ1n) is 9.39. The van der Waals surface area contributed by atoms with Gasteiger partial charge in [-0.15, -0.1) is 0 Å². The summed E-state index contributed by atoms with van der Waals surface area (Å²) in [5.41, 5.74) is -0.555. The van der Waals surface area contributed by atoms with Crippen LogP contribution in [0, 0.1) is 24.4 Å². The van der Waals surface area contributed by atoms with Crippen LogP contribution in [-0.4, -0.2) is 32.4 Å². The Morgan fingerprint density at radius 1 is 1.12 bits per heavy atom. The highest BCUT2D eigenvalue weighted by Crippen LogP contribution is 2.33. The number of thiazole rings is 1. The van der Waals surface area contributed by atoms with E-state index in [0.717, 1.165) is 45.1 Å². The lowest BCUT2D eigenvalue weighted by Crippen LogP contribution is -2.24. The maximum absolute atomic E-state index is 14.7. The van der Waals surface area contributed by atoms with Gasteiger partial charge in [0.25, 0.3) is 0 Å². The summed E-state index contributed by atoms with van der Waals surface area (Å²) in [5, 5.41) is 4.16. The van der Waals surface area contributed by atoms with Crippen molar-refractivity contribution >= 4 is 17.3 Å². The van der Waals surface area contributed by atoms with Crippen LogP contribution in [0.5, 0.6) is 10.8 Å². The highest BCUT2D eigenvalue weighted by atomic mass is 32.1. The topological polar surface area (TPSA) is 88.2 Å². The van der Waals surface area contributed by atoms with Crippen LogP contribution in [0.2, 0.25) is 0 Å². The first kappa shape index (κ1) is 22.3. The molecule has 0 spiro atoms. The monoisotopic (exact) mass is 476 g/mol. The molecule has 4 rings (SSSR count). The summed E-state index contributed by atoms with van der Waals surface area (Å²) in [5.74, 6) is -3.20. The van der Waals surface area contributed by atoms with Crippen LogP contribution < -0.4 is 10.4 Å². The van der Waals surface area contributed by atoms with Crippen molar-refractivity contribution in [2.45, 2.75) is 13.5 Å². The smallest absolute Gasteiger partial charge is 0.367 e. The van der Waals surface area contributed by atoms with Gasteiger partial charge in [0.05, 0.1) is 25.0 Å². The molecule has 2 heterocycles. The molecule has 0 unspecified atom stereocenters. The fourth-order valence-corrected chi connectivity index (χ4v) is 3.78. The quantitative estimate of drug-likeness (QED) is 0.393. The normalized spacial score (nSPS) is 10.9. The molecule has 33 heavy (non-hydrogen) atoms. The number of methoxy groups -OCH3 is 1. The van der Waals surface area contributed by atoms with Gasteiger partial charge in [0.2, 0.25) is 10.1 Å². The highest BCUT2D eigenvalue weighted by molar-refractivity contribution is 7.15. The maximum Gasteiger partial charge on any atom is 0.367 e. The lowest BCUT2D eigenvalue weighted by atomic mass is 10.2. The number of aromatic nitrogens is 4. The van der Waals surface area contributed by atoms with Crippen molar-refractivity contribution in [1.29, 1.82) is 0 Å². The van der Waals surface area contributed by atoms with Crippen molar-refractivity contribution in [3.05, 3.63) is 86.9 Å². The van der Waals surface area contributed by atoms with Gasteiger partial charge < -0.3 is 9.47 Å². The molecule has 0 N–H and O–H groups in total. The molecule has 0 amide bonds. The van der Waals surface area contributed by atoms with Crippen molar-refractivity contribution in [2.24, 2.45) is 0 Å². The summed E-state index contributed by atoms with van der Waals surface area (Å²) >= 11 is 0.899. The molecule has 8 nitrogen and oxygen atoms in total. The van der Waals surface area contributed by atoms with Gasteiger partial charge in [-0.2, -0.15) is 9.78 Å². The van der Waals surface area contributed by atoms with Gasteiger partial charge in [0.15, 0.2) is 11.6 Å². The molecule has 4 aromatic rings. The molecule has 0 aliphatic rings. The third-order valence-electron chi connectivity index (χ3n) is 4.60. The second-order valence-corrected chi connectivity index (χ2v) is 7.72. The number of rotatable bonds is 6. The predicted molar refractivity (Wildman–Crippen MR) is 112 cm³/mol. The summed E-state index contributed by atoms with van der Waals surface area (Å²) in [6, 6.07) is 7.08. The van der Waals surface area contributed by atoms with Gasteiger partial charge in [-0.3, -0.25) is 4.57 Å². The van der Waals surface area contributed by atoms with Crippen LogP contribution in [0.25, 0.3) is 5.69 Å². The van der Waals surface area contributed by atoms with E-state index in [0.29, 0.717) is 5.69 Å². The lowest BCUT2D eigenvalue weighted by molar-refractivity contribution is 0.0600. The first-order chi connectivity index (χ1) is 15.8. The number of ether oxygens (including phenoxy) is 2. The summed E-state index contributed by atoms with van der Waals surface area (Å²) < 4.78 is 54.5. The largest absolute Gasteiger partial charge is 0.464 e. The van der Waals surface area contributed by atoms with E-state index in [9.17, 15) is 22.8 Å². The first-order valence-corrected chi connectivity index (χ1v) is 10.2. The van der Waals surface area contributed by atoms with E-state index >= 15 is 0 Å². The Bertz CT molecular complexity index is 1390. The number of hydrogen-bond acceptors (Lipinski definition) is 7.